The molecule has 13 heteroatoms. The van der Waals surface area contributed by atoms with E-state index >= 15 is 0 Å². The predicted molar refractivity (Wildman–Crippen MR) is 131 cm³/mol. The van der Waals surface area contributed by atoms with Crippen molar-refractivity contribution < 1.29 is 36.7 Å². The van der Waals surface area contributed by atoms with E-state index in [1.54, 1.807) is 25.7 Å². The van der Waals surface area contributed by atoms with Crippen molar-refractivity contribution in [1.29, 1.82) is 0 Å². The normalized spacial score (nSPS) is 14.9. The molecule has 0 saturated carbocycles. The Morgan fingerprint density at radius 3 is 2.17 bits per heavy atom. The number of sulfonamides is 1. The van der Waals surface area contributed by atoms with Gasteiger partial charge in [0.1, 0.15) is 15.7 Å². The number of anilines is 1. The molecule has 10 nitrogen and oxygen atoms in total. The molecule has 1 aromatic carbocycles. The van der Waals surface area contributed by atoms with Crippen LogP contribution in [-0.4, -0.2) is 81.4 Å². The average Bonchev–Trinajstić information content (AvgIpc) is 3.15. The lowest BCUT2D eigenvalue weighted by Gasteiger charge is -2.33. The standard InChI is InChI=1S/C23H28FN3O7S2/c1-4-33-22(29)19-15(3)20(23(30)34-5-2)35-21(19)25-18(28)14-26-10-12-27(13-11-26)36(31,32)17-8-6-16(24)7-9-17/h6-9H,4-5,10-14H2,1-3H3,(H,25,28). The molecular formula is C23H28FN3O7S2. The number of rotatable bonds is 9. The lowest BCUT2D eigenvalue weighted by molar-refractivity contribution is -0.117. The van der Waals surface area contributed by atoms with Gasteiger partial charge in [-0.25, -0.2) is 22.4 Å². The van der Waals surface area contributed by atoms with Crippen molar-refractivity contribution in [3.05, 3.63) is 46.1 Å². The Morgan fingerprint density at radius 2 is 1.58 bits per heavy atom. The summed E-state index contributed by atoms with van der Waals surface area (Å²) < 4.78 is 50.1. The fourth-order valence-electron chi connectivity index (χ4n) is 3.69. The van der Waals surface area contributed by atoms with Gasteiger partial charge in [-0.05, 0) is 50.6 Å². The lowest BCUT2D eigenvalue weighted by atomic mass is 10.1. The van der Waals surface area contributed by atoms with Crippen molar-refractivity contribution >= 4 is 44.2 Å². The first-order valence-electron chi connectivity index (χ1n) is 11.3. The van der Waals surface area contributed by atoms with Crippen molar-refractivity contribution in [2.45, 2.75) is 25.7 Å². The fourth-order valence-corrected chi connectivity index (χ4v) is 6.22. The molecule has 2 aromatic rings. The SMILES string of the molecule is CCOC(=O)c1sc(NC(=O)CN2CCN(S(=O)(=O)c3ccc(F)cc3)CC2)c(C(=O)OCC)c1C. The van der Waals surface area contributed by atoms with E-state index in [0.29, 0.717) is 18.7 Å². The molecule has 3 rings (SSSR count). The lowest BCUT2D eigenvalue weighted by Crippen LogP contribution is -2.50. The molecule has 2 heterocycles. The number of hydrogen-bond donors (Lipinski definition) is 1. The van der Waals surface area contributed by atoms with Crippen LogP contribution in [-0.2, 0) is 24.3 Å². The van der Waals surface area contributed by atoms with E-state index in [-0.39, 0.29) is 53.2 Å². The monoisotopic (exact) mass is 541 g/mol. The fraction of sp³-hybridized carbons (Fsp3) is 0.435. The number of piperazine rings is 1. The minimum atomic E-state index is -3.77. The van der Waals surface area contributed by atoms with Gasteiger partial charge in [0.05, 0.1) is 30.2 Å². The largest absolute Gasteiger partial charge is 0.462 e. The van der Waals surface area contributed by atoms with Gasteiger partial charge >= 0.3 is 11.9 Å². The third-order valence-corrected chi connectivity index (χ3v) is 8.59. The summed E-state index contributed by atoms with van der Waals surface area (Å²) in [4.78, 5) is 39.6. The summed E-state index contributed by atoms with van der Waals surface area (Å²) in [5, 5.41) is 2.88. The maximum absolute atomic E-state index is 13.2. The molecule has 1 amide bonds. The van der Waals surface area contributed by atoms with Crippen LogP contribution >= 0.6 is 11.3 Å². The Kier molecular flexibility index (Phi) is 9.17. The van der Waals surface area contributed by atoms with E-state index in [9.17, 15) is 27.2 Å². The third kappa shape index (κ3) is 6.27. The number of carbonyl (C=O) groups excluding carboxylic acids is 3. The first kappa shape index (κ1) is 27.7. The van der Waals surface area contributed by atoms with E-state index in [1.807, 2.05) is 0 Å². The molecule has 196 valence electrons. The number of benzene rings is 1. The summed E-state index contributed by atoms with van der Waals surface area (Å²) in [6.07, 6.45) is 0. The molecule has 0 atom stereocenters. The summed E-state index contributed by atoms with van der Waals surface area (Å²) in [5.41, 5.74) is 0.472. The van der Waals surface area contributed by atoms with Crippen LogP contribution in [0.1, 0.15) is 39.4 Å². The highest BCUT2D eigenvalue weighted by Gasteiger charge is 2.30. The topological polar surface area (TPSA) is 122 Å². The minimum absolute atomic E-state index is 0.00653. The molecule has 0 bridgehead atoms. The van der Waals surface area contributed by atoms with Crippen molar-refractivity contribution in [1.82, 2.24) is 9.21 Å². The van der Waals surface area contributed by atoms with E-state index in [2.05, 4.69) is 5.32 Å². The molecule has 1 N–H and O–H groups in total. The van der Waals surface area contributed by atoms with Crippen molar-refractivity contribution in [3.63, 3.8) is 0 Å². The zero-order valence-electron chi connectivity index (χ0n) is 20.2. The van der Waals surface area contributed by atoms with Gasteiger partial charge in [-0.2, -0.15) is 4.31 Å². The first-order valence-corrected chi connectivity index (χ1v) is 13.6. The minimum Gasteiger partial charge on any atom is -0.462 e. The van der Waals surface area contributed by atoms with Crippen molar-refractivity contribution in [2.24, 2.45) is 0 Å². The number of nitrogens with zero attached hydrogens (tertiary/aromatic N) is 2. The highest BCUT2D eigenvalue weighted by molar-refractivity contribution is 7.89. The van der Waals surface area contributed by atoms with Gasteiger partial charge in [0, 0.05) is 26.2 Å². The van der Waals surface area contributed by atoms with Gasteiger partial charge in [-0.1, -0.05) is 0 Å². The first-order chi connectivity index (χ1) is 17.1. The molecule has 0 aliphatic carbocycles. The maximum Gasteiger partial charge on any atom is 0.348 e. The molecule has 1 aliphatic heterocycles. The molecule has 0 spiro atoms. The van der Waals surface area contributed by atoms with Crippen molar-refractivity contribution in [2.75, 3.05) is 51.3 Å². The molecular weight excluding hydrogens is 513 g/mol. The zero-order chi connectivity index (χ0) is 26.5. The molecule has 36 heavy (non-hydrogen) atoms. The van der Waals surface area contributed by atoms with E-state index in [0.717, 1.165) is 23.5 Å². The molecule has 0 unspecified atom stereocenters. The number of ether oxygens (including phenoxy) is 2. The number of halogens is 1. The van der Waals surface area contributed by atoms with Gasteiger partial charge < -0.3 is 14.8 Å². The van der Waals surface area contributed by atoms with Crippen LogP contribution in [0.5, 0.6) is 0 Å². The molecule has 1 fully saturated rings. The summed E-state index contributed by atoms with van der Waals surface area (Å²) in [6, 6.07) is 4.63. The second kappa shape index (κ2) is 11.9. The number of esters is 2. The van der Waals surface area contributed by atoms with E-state index in [1.165, 1.54) is 16.4 Å². The second-order valence-electron chi connectivity index (χ2n) is 7.88. The average molecular weight is 542 g/mol. The molecule has 1 saturated heterocycles. The summed E-state index contributed by atoms with van der Waals surface area (Å²) in [7, 11) is -3.77. The van der Waals surface area contributed by atoms with Gasteiger partial charge in [0.15, 0.2) is 0 Å². The molecule has 1 aromatic heterocycles. The number of nitrogens with one attached hydrogen (secondary N) is 1. The van der Waals surface area contributed by atoms with Gasteiger partial charge in [-0.15, -0.1) is 11.3 Å². The predicted octanol–water partition coefficient (Wildman–Crippen LogP) is 2.49. The maximum atomic E-state index is 13.2. The number of carbonyl (C=O) groups is 3. The van der Waals surface area contributed by atoms with Crippen LogP contribution in [0.3, 0.4) is 0 Å². The highest BCUT2D eigenvalue weighted by Crippen LogP contribution is 2.34. The Labute approximate surface area is 213 Å². The highest BCUT2D eigenvalue weighted by atomic mass is 32.2. The number of thiophene rings is 1. The Balaban J connectivity index is 1.66. The van der Waals surface area contributed by atoms with Gasteiger partial charge in [0.25, 0.3) is 0 Å². The van der Waals surface area contributed by atoms with Crippen LogP contribution in [0.2, 0.25) is 0 Å². The number of hydrogen-bond acceptors (Lipinski definition) is 9. The third-order valence-electron chi connectivity index (χ3n) is 5.49. The summed E-state index contributed by atoms with van der Waals surface area (Å²) in [5.74, 6) is -2.19. The Hall–Kier alpha value is -2.87. The quantitative estimate of drug-likeness (QED) is 0.481. The zero-order valence-corrected chi connectivity index (χ0v) is 21.8. The van der Waals surface area contributed by atoms with Crippen LogP contribution in [0.15, 0.2) is 29.2 Å². The van der Waals surface area contributed by atoms with E-state index in [4.69, 9.17) is 9.47 Å². The smallest absolute Gasteiger partial charge is 0.348 e. The Morgan fingerprint density at radius 1 is 1.00 bits per heavy atom. The number of amides is 1. The van der Waals surface area contributed by atoms with E-state index < -0.39 is 33.7 Å². The summed E-state index contributed by atoms with van der Waals surface area (Å²) in [6.45, 7) is 6.08. The second-order valence-corrected chi connectivity index (χ2v) is 10.8. The van der Waals surface area contributed by atoms with Crippen LogP contribution in [0.25, 0.3) is 0 Å². The molecule has 1 aliphatic rings. The Bertz CT molecular complexity index is 1220. The summed E-state index contributed by atoms with van der Waals surface area (Å²) >= 11 is 0.941. The van der Waals surface area contributed by atoms with Gasteiger partial charge in [-0.3, -0.25) is 9.69 Å². The van der Waals surface area contributed by atoms with Crippen LogP contribution in [0.4, 0.5) is 9.39 Å². The van der Waals surface area contributed by atoms with Gasteiger partial charge in [0.2, 0.25) is 15.9 Å². The van der Waals surface area contributed by atoms with Crippen LogP contribution < -0.4 is 5.32 Å². The van der Waals surface area contributed by atoms with Crippen LogP contribution in [0, 0.1) is 12.7 Å². The van der Waals surface area contributed by atoms with Crippen molar-refractivity contribution in [3.8, 4) is 0 Å². The molecule has 0 radical (unpaired) electrons.